The molecule has 0 bridgehead atoms. The number of hydrogen-bond donors (Lipinski definition) is 0. The maximum Gasteiger partial charge on any atom is 0.111 e. The van der Waals surface area contributed by atoms with Crippen LogP contribution in [0.15, 0.2) is 72.8 Å². The first-order valence-corrected chi connectivity index (χ1v) is 10.6. The molecule has 0 radical (unpaired) electrons. The Balaban J connectivity index is 0.00000225. The normalized spacial score (nSPS) is 11.0. The van der Waals surface area contributed by atoms with Gasteiger partial charge in [-0.05, 0) is 80.8 Å². The molecule has 0 spiro atoms. The molecule has 0 amide bonds. The van der Waals surface area contributed by atoms with Crippen molar-refractivity contribution in [1.82, 2.24) is 0 Å². The molecule has 2 heteroatoms. The van der Waals surface area contributed by atoms with Gasteiger partial charge in [0.1, 0.15) is 23.2 Å². The van der Waals surface area contributed by atoms with Crippen LogP contribution in [0.2, 0.25) is 0 Å². The van der Waals surface area contributed by atoms with Crippen LogP contribution < -0.4 is 39.9 Å². The highest BCUT2D eigenvalue weighted by molar-refractivity contribution is 7.95. The molecule has 0 aliphatic rings. The van der Waals surface area contributed by atoms with Crippen molar-refractivity contribution in [2.24, 2.45) is 0 Å². The van der Waals surface area contributed by atoms with Crippen molar-refractivity contribution in [2.45, 2.75) is 27.7 Å². The first kappa shape index (κ1) is 20.1. The third-order valence-electron chi connectivity index (χ3n) is 4.80. The number of halogens is 1. The summed E-state index contributed by atoms with van der Waals surface area (Å²) >= 11 is 0. The quantitative estimate of drug-likeness (QED) is 0.413. The molecule has 0 unspecified atom stereocenters. The number of rotatable bonds is 4. The second-order valence-corrected chi connectivity index (χ2v) is 10.4. The van der Waals surface area contributed by atoms with Gasteiger partial charge in [-0.3, -0.25) is 0 Å². The summed E-state index contributed by atoms with van der Waals surface area (Å²) in [5.74, 6) is 0. The van der Waals surface area contributed by atoms with E-state index in [9.17, 15) is 0 Å². The Morgan fingerprint density at radius 2 is 0.920 bits per heavy atom. The summed E-state index contributed by atoms with van der Waals surface area (Å²) in [6.45, 7) is 8.93. The van der Waals surface area contributed by atoms with E-state index in [1.807, 2.05) is 0 Å². The van der Waals surface area contributed by atoms with Gasteiger partial charge in [-0.1, -0.05) is 36.4 Å². The Hall–Kier alpha value is -1.18. The van der Waals surface area contributed by atoms with Gasteiger partial charge in [-0.25, -0.2) is 0 Å². The van der Waals surface area contributed by atoms with Crippen LogP contribution in [0.5, 0.6) is 0 Å². The minimum absolute atomic E-state index is 0. The molecular weight excluding hydrogens is 434 g/mol. The van der Waals surface area contributed by atoms with Gasteiger partial charge in [0.2, 0.25) is 0 Å². The molecule has 3 rings (SSSR count). The monoisotopic (exact) mass is 460 g/mol. The minimum atomic E-state index is -1.61. The molecular formula is C23H26IP. The van der Waals surface area contributed by atoms with Crippen LogP contribution in [0.25, 0.3) is 0 Å². The maximum atomic E-state index is 2.39. The van der Waals surface area contributed by atoms with E-state index in [0.29, 0.717) is 0 Å². The summed E-state index contributed by atoms with van der Waals surface area (Å²) in [5.41, 5.74) is 4.02. The van der Waals surface area contributed by atoms with Crippen LogP contribution in [0.3, 0.4) is 0 Å². The Morgan fingerprint density at radius 1 is 0.600 bits per heavy atom. The second kappa shape index (κ2) is 8.47. The second-order valence-electron chi connectivity index (χ2n) is 6.64. The van der Waals surface area contributed by atoms with Crippen LogP contribution in [-0.2, 0) is 0 Å². The zero-order chi connectivity index (χ0) is 17.2. The summed E-state index contributed by atoms with van der Waals surface area (Å²) in [6.07, 6.45) is 1.14. The van der Waals surface area contributed by atoms with Crippen molar-refractivity contribution in [3.8, 4) is 0 Å². The maximum absolute atomic E-state index is 2.39. The Bertz CT molecular complexity index is 743. The van der Waals surface area contributed by atoms with Crippen molar-refractivity contribution >= 4 is 23.2 Å². The third kappa shape index (κ3) is 3.99. The summed E-state index contributed by atoms with van der Waals surface area (Å²) in [7, 11) is -1.61. The predicted octanol–water partition coefficient (Wildman–Crippen LogP) is 1.93. The van der Waals surface area contributed by atoms with E-state index < -0.39 is 7.26 Å². The Labute approximate surface area is 170 Å². The molecule has 0 fully saturated rings. The van der Waals surface area contributed by atoms with Crippen LogP contribution in [0.4, 0.5) is 0 Å². The summed E-state index contributed by atoms with van der Waals surface area (Å²) in [5, 5.41) is 4.46. The third-order valence-corrected chi connectivity index (χ3v) is 9.23. The van der Waals surface area contributed by atoms with E-state index in [2.05, 4.69) is 100 Å². The van der Waals surface area contributed by atoms with E-state index in [4.69, 9.17) is 0 Å². The van der Waals surface area contributed by atoms with Gasteiger partial charge < -0.3 is 24.0 Å². The van der Waals surface area contributed by atoms with Gasteiger partial charge in [-0.2, -0.15) is 0 Å². The van der Waals surface area contributed by atoms with E-state index in [1.165, 1.54) is 32.6 Å². The fourth-order valence-electron chi connectivity index (χ4n) is 3.59. The first-order chi connectivity index (χ1) is 11.6. The van der Waals surface area contributed by atoms with Gasteiger partial charge in [0, 0.05) is 0 Å². The molecule has 0 aliphatic heterocycles. The van der Waals surface area contributed by atoms with Crippen molar-refractivity contribution in [2.75, 3.05) is 6.16 Å². The van der Waals surface area contributed by atoms with Gasteiger partial charge in [0.25, 0.3) is 0 Å². The van der Waals surface area contributed by atoms with Crippen molar-refractivity contribution in [3.63, 3.8) is 0 Å². The number of hydrogen-bond acceptors (Lipinski definition) is 0. The molecule has 0 aromatic heterocycles. The van der Waals surface area contributed by atoms with Gasteiger partial charge in [0.05, 0.1) is 6.16 Å². The standard InChI is InChI=1S/C23H26P.HI/c1-5-24(21-12-6-9-18(2)15-21,22-13-7-10-19(3)16-22)23-14-8-11-20(4)17-23;/h6-17H,5H2,1-4H3;1H/q+1;/p-1. The van der Waals surface area contributed by atoms with E-state index in [-0.39, 0.29) is 24.0 Å². The first-order valence-electron chi connectivity index (χ1n) is 8.66. The molecule has 0 saturated heterocycles. The lowest BCUT2D eigenvalue weighted by Crippen LogP contribution is -3.00. The van der Waals surface area contributed by atoms with E-state index in [0.717, 1.165) is 6.16 Å². The SMILES string of the molecule is CC[P+](c1cccc(C)c1)(c1cccc(C)c1)c1cccc(C)c1.[I-]. The fraction of sp³-hybridized carbons (Fsp3) is 0.217. The van der Waals surface area contributed by atoms with Crippen molar-refractivity contribution in [3.05, 3.63) is 89.5 Å². The molecule has 0 heterocycles. The largest absolute Gasteiger partial charge is 1.00 e. The van der Waals surface area contributed by atoms with Gasteiger partial charge >= 0.3 is 0 Å². The number of aryl methyl sites for hydroxylation is 3. The molecule has 130 valence electrons. The summed E-state index contributed by atoms with van der Waals surface area (Å²) < 4.78 is 0. The topological polar surface area (TPSA) is 0 Å². The van der Waals surface area contributed by atoms with Crippen LogP contribution >= 0.6 is 7.26 Å². The Morgan fingerprint density at radius 3 is 1.16 bits per heavy atom. The molecule has 0 aliphatic carbocycles. The number of benzene rings is 3. The molecule has 0 atom stereocenters. The lowest BCUT2D eigenvalue weighted by molar-refractivity contribution is -0.00000500. The predicted molar refractivity (Wildman–Crippen MR) is 110 cm³/mol. The molecule has 3 aromatic rings. The van der Waals surface area contributed by atoms with Crippen LogP contribution in [0.1, 0.15) is 23.6 Å². The van der Waals surface area contributed by atoms with Crippen molar-refractivity contribution < 1.29 is 24.0 Å². The zero-order valence-corrected chi connectivity index (χ0v) is 18.5. The molecule has 25 heavy (non-hydrogen) atoms. The van der Waals surface area contributed by atoms with E-state index in [1.54, 1.807) is 0 Å². The Kier molecular flexibility index (Phi) is 6.82. The molecule has 3 aromatic carbocycles. The molecule has 0 nitrogen and oxygen atoms in total. The molecule has 0 saturated carbocycles. The summed E-state index contributed by atoms with van der Waals surface area (Å²) in [4.78, 5) is 0. The lowest BCUT2D eigenvalue weighted by Gasteiger charge is -2.27. The average molecular weight is 460 g/mol. The highest BCUT2D eigenvalue weighted by Gasteiger charge is 2.43. The average Bonchev–Trinajstić information content (AvgIpc) is 2.56. The zero-order valence-electron chi connectivity index (χ0n) is 15.5. The lowest BCUT2D eigenvalue weighted by atomic mass is 10.2. The smallest absolute Gasteiger partial charge is 0.111 e. The highest BCUT2D eigenvalue weighted by atomic mass is 127. The van der Waals surface area contributed by atoms with Crippen molar-refractivity contribution in [1.29, 1.82) is 0 Å². The fourth-order valence-corrected chi connectivity index (χ4v) is 7.87. The minimum Gasteiger partial charge on any atom is -1.00 e. The molecule has 0 N–H and O–H groups in total. The van der Waals surface area contributed by atoms with Gasteiger partial charge in [0.15, 0.2) is 0 Å². The van der Waals surface area contributed by atoms with E-state index >= 15 is 0 Å². The van der Waals surface area contributed by atoms with Crippen LogP contribution in [-0.4, -0.2) is 6.16 Å². The van der Waals surface area contributed by atoms with Gasteiger partial charge in [-0.15, -0.1) is 0 Å². The summed E-state index contributed by atoms with van der Waals surface area (Å²) in [6, 6.07) is 27.4. The van der Waals surface area contributed by atoms with Crippen LogP contribution in [0, 0.1) is 20.8 Å². The highest BCUT2D eigenvalue weighted by Crippen LogP contribution is 2.55.